The molecule has 0 saturated carbocycles. The highest BCUT2D eigenvalue weighted by Crippen LogP contribution is 2.43. The van der Waals surface area contributed by atoms with Crippen LogP contribution in [0.4, 0.5) is 11.4 Å². The lowest BCUT2D eigenvalue weighted by molar-refractivity contribution is 0.395. The molecule has 0 saturated heterocycles. The Morgan fingerprint density at radius 2 is 2.06 bits per heavy atom. The average Bonchev–Trinajstić information content (AvgIpc) is 2.25. The van der Waals surface area contributed by atoms with Crippen LogP contribution in [0.2, 0.25) is 0 Å². The van der Waals surface area contributed by atoms with Crippen LogP contribution in [0.5, 0.6) is 0 Å². The van der Waals surface area contributed by atoms with Crippen LogP contribution in [0.15, 0.2) is 18.2 Å². The molecule has 0 amide bonds. The first-order chi connectivity index (χ1) is 7.45. The minimum atomic E-state index is 0.258. The van der Waals surface area contributed by atoms with E-state index in [1.54, 1.807) is 0 Å². The Morgan fingerprint density at radius 1 is 1.38 bits per heavy atom. The first-order valence-corrected chi connectivity index (χ1v) is 6.01. The van der Waals surface area contributed by atoms with E-state index in [-0.39, 0.29) is 5.54 Å². The monoisotopic (exact) mass is 218 g/mol. The predicted octanol–water partition coefficient (Wildman–Crippen LogP) is 3.45. The second-order valence-electron chi connectivity index (χ2n) is 5.50. The molecule has 0 spiro atoms. The van der Waals surface area contributed by atoms with Crippen molar-refractivity contribution in [3.63, 3.8) is 0 Å². The van der Waals surface area contributed by atoms with E-state index in [0.717, 1.165) is 0 Å². The third-order valence-corrected chi connectivity index (χ3v) is 3.92. The summed E-state index contributed by atoms with van der Waals surface area (Å²) in [5, 5.41) is 3.21. The molecular formula is C14H22N2. The largest absolute Gasteiger partial charge is 0.388 e. The smallest absolute Gasteiger partial charge is 0.0404 e. The fourth-order valence-corrected chi connectivity index (χ4v) is 2.73. The molecule has 1 N–H and O–H groups in total. The number of fused-ring (bicyclic) bond motifs is 1. The van der Waals surface area contributed by atoms with Crippen molar-refractivity contribution in [3.05, 3.63) is 23.8 Å². The molecule has 88 valence electrons. The van der Waals surface area contributed by atoms with Crippen LogP contribution in [0.3, 0.4) is 0 Å². The SMILES string of the molecule is CNc1ccc2c(c1)C(C)CC(C)(C)N2C. The number of rotatable bonds is 1. The lowest BCUT2D eigenvalue weighted by Gasteiger charge is -2.45. The Kier molecular flexibility index (Phi) is 2.61. The minimum Gasteiger partial charge on any atom is -0.388 e. The highest BCUT2D eigenvalue weighted by molar-refractivity contribution is 5.64. The van der Waals surface area contributed by atoms with Gasteiger partial charge < -0.3 is 10.2 Å². The van der Waals surface area contributed by atoms with Gasteiger partial charge in [-0.05, 0) is 49.9 Å². The second-order valence-corrected chi connectivity index (χ2v) is 5.50. The van der Waals surface area contributed by atoms with Gasteiger partial charge in [0.2, 0.25) is 0 Å². The summed E-state index contributed by atoms with van der Waals surface area (Å²) >= 11 is 0. The van der Waals surface area contributed by atoms with Gasteiger partial charge in [-0.15, -0.1) is 0 Å². The fourth-order valence-electron chi connectivity index (χ4n) is 2.73. The zero-order valence-electron chi connectivity index (χ0n) is 11.0. The predicted molar refractivity (Wildman–Crippen MR) is 71.5 cm³/mol. The molecule has 1 aromatic carbocycles. The average molecular weight is 218 g/mol. The van der Waals surface area contributed by atoms with Gasteiger partial charge in [-0.2, -0.15) is 0 Å². The third kappa shape index (κ3) is 1.66. The fraction of sp³-hybridized carbons (Fsp3) is 0.571. The molecule has 1 aliphatic rings. The highest BCUT2D eigenvalue weighted by Gasteiger charge is 2.33. The number of hydrogen-bond donors (Lipinski definition) is 1. The van der Waals surface area contributed by atoms with Crippen molar-refractivity contribution >= 4 is 11.4 Å². The van der Waals surface area contributed by atoms with Crippen LogP contribution in [-0.4, -0.2) is 19.6 Å². The summed E-state index contributed by atoms with van der Waals surface area (Å²) in [6.45, 7) is 6.96. The number of nitrogens with zero attached hydrogens (tertiary/aromatic N) is 1. The van der Waals surface area contributed by atoms with Gasteiger partial charge in [-0.3, -0.25) is 0 Å². The second kappa shape index (κ2) is 3.69. The van der Waals surface area contributed by atoms with E-state index < -0.39 is 0 Å². The highest BCUT2D eigenvalue weighted by atomic mass is 15.2. The van der Waals surface area contributed by atoms with E-state index >= 15 is 0 Å². The molecular weight excluding hydrogens is 196 g/mol. The van der Waals surface area contributed by atoms with Crippen molar-refractivity contribution in [3.8, 4) is 0 Å². The van der Waals surface area contributed by atoms with Crippen LogP contribution in [0.1, 0.15) is 38.7 Å². The standard InChI is InChI=1S/C14H22N2/c1-10-9-14(2,3)16(5)13-7-6-11(15-4)8-12(10)13/h6-8,10,15H,9H2,1-5H3. The molecule has 0 fully saturated rings. The van der Waals surface area contributed by atoms with Gasteiger partial charge in [0, 0.05) is 31.0 Å². The zero-order chi connectivity index (χ0) is 11.9. The van der Waals surface area contributed by atoms with Crippen molar-refractivity contribution in [2.45, 2.75) is 38.6 Å². The summed E-state index contributed by atoms with van der Waals surface area (Å²) in [6.07, 6.45) is 1.21. The van der Waals surface area contributed by atoms with Crippen LogP contribution in [0.25, 0.3) is 0 Å². The van der Waals surface area contributed by atoms with Crippen LogP contribution in [0, 0.1) is 0 Å². The Morgan fingerprint density at radius 3 is 2.69 bits per heavy atom. The van der Waals surface area contributed by atoms with Crippen molar-refractivity contribution in [2.24, 2.45) is 0 Å². The van der Waals surface area contributed by atoms with Crippen molar-refractivity contribution in [1.82, 2.24) is 0 Å². The summed E-state index contributed by atoms with van der Waals surface area (Å²) in [7, 11) is 4.17. The van der Waals surface area contributed by atoms with Crippen molar-refractivity contribution in [2.75, 3.05) is 24.3 Å². The normalized spacial score (nSPS) is 22.8. The number of anilines is 2. The minimum absolute atomic E-state index is 0.258. The van der Waals surface area contributed by atoms with Gasteiger partial charge in [-0.25, -0.2) is 0 Å². The molecule has 0 bridgehead atoms. The Labute approximate surface area is 98.7 Å². The molecule has 0 aliphatic carbocycles. The van der Waals surface area contributed by atoms with Gasteiger partial charge in [0.25, 0.3) is 0 Å². The maximum Gasteiger partial charge on any atom is 0.0404 e. The molecule has 1 aromatic rings. The molecule has 2 heteroatoms. The first kappa shape index (κ1) is 11.3. The molecule has 1 aliphatic heterocycles. The molecule has 0 radical (unpaired) electrons. The van der Waals surface area contributed by atoms with E-state index in [1.165, 1.54) is 23.4 Å². The van der Waals surface area contributed by atoms with Gasteiger partial charge in [-0.1, -0.05) is 6.92 Å². The van der Waals surface area contributed by atoms with Gasteiger partial charge in [0.1, 0.15) is 0 Å². The van der Waals surface area contributed by atoms with Crippen molar-refractivity contribution < 1.29 is 0 Å². The zero-order valence-corrected chi connectivity index (χ0v) is 11.0. The molecule has 0 aromatic heterocycles. The number of benzene rings is 1. The Bertz CT molecular complexity index is 396. The third-order valence-electron chi connectivity index (χ3n) is 3.92. The lowest BCUT2D eigenvalue weighted by Crippen LogP contribution is -2.45. The van der Waals surface area contributed by atoms with Gasteiger partial charge in [0.15, 0.2) is 0 Å². The quantitative estimate of drug-likeness (QED) is 0.776. The van der Waals surface area contributed by atoms with E-state index in [2.05, 4.69) is 56.2 Å². The molecule has 1 unspecified atom stereocenters. The van der Waals surface area contributed by atoms with E-state index in [0.29, 0.717) is 5.92 Å². The molecule has 2 rings (SSSR count). The number of nitrogens with one attached hydrogen (secondary N) is 1. The summed E-state index contributed by atoms with van der Waals surface area (Å²) in [6, 6.07) is 6.67. The molecule has 1 heterocycles. The van der Waals surface area contributed by atoms with Crippen LogP contribution >= 0.6 is 0 Å². The van der Waals surface area contributed by atoms with E-state index in [1.807, 2.05) is 7.05 Å². The van der Waals surface area contributed by atoms with Crippen LogP contribution in [-0.2, 0) is 0 Å². The Hall–Kier alpha value is -1.18. The first-order valence-electron chi connectivity index (χ1n) is 6.01. The Balaban J connectivity index is 2.50. The van der Waals surface area contributed by atoms with Gasteiger partial charge in [0.05, 0.1) is 0 Å². The molecule has 1 atom stereocenters. The summed E-state index contributed by atoms with van der Waals surface area (Å²) in [5.41, 5.74) is 4.31. The summed E-state index contributed by atoms with van der Waals surface area (Å²) < 4.78 is 0. The topological polar surface area (TPSA) is 15.3 Å². The molecule has 16 heavy (non-hydrogen) atoms. The number of hydrogen-bond acceptors (Lipinski definition) is 2. The maximum absolute atomic E-state index is 3.21. The van der Waals surface area contributed by atoms with E-state index in [9.17, 15) is 0 Å². The summed E-state index contributed by atoms with van der Waals surface area (Å²) in [5.74, 6) is 0.634. The molecule has 2 nitrogen and oxygen atoms in total. The van der Waals surface area contributed by atoms with Gasteiger partial charge >= 0.3 is 0 Å². The van der Waals surface area contributed by atoms with E-state index in [4.69, 9.17) is 0 Å². The lowest BCUT2D eigenvalue weighted by atomic mass is 9.80. The summed E-state index contributed by atoms with van der Waals surface area (Å²) in [4.78, 5) is 2.40. The van der Waals surface area contributed by atoms with Crippen molar-refractivity contribution in [1.29, 1.82) is 0 Å². The van der Waals surface area contributed by atoms with Crippen LogP contribution < -0.4 is 10.2 Å². The maximum atomic E-state index is 3.21.